The number of halogens is 2. The Kier molecular flexibility index (Phi) is 8.22. The van der Waals surface area contributed by atoms with Crippen LogP contribution in [0.25, 0.3) is 6.08 Å². The van der Waals surface area contributed by atoms with Crippen LogP contribution in [0.1, 0.15) is 25.0 Å². The van der Waals surface area contributed by atoms with Crippen molar-refractivity contribution in [2.75, 3.05) is 31.2 Å². The second kappa shape index (κ2) is 10.8. The third-order valence-corrected chi connectivity index (χ3v) is 6.61. The number of nitrogens with zero attached hydrogens (tertiary/aromatic N) is 2. The maximum atomic E-state index is 13.2. The monoisotopic (exact) mass is 509 g/mol. The van der Waals surface area contributed by atoms with Crippen LogP contribution in [0.4, 0.5) is 10.1 Å². The van der Waals surface area contributed by atoms with Crippen molar-refractivity contribution in [2.45, 2.75) is 32.5 Å². The average Bonchev–Trinajstić information content (AvgIpc) is 2.75. The first kappa shape index (κ1) is 26.0. The molecule has 1 saturated heterocycles. The minimum Gasteiger partial charge on any atom is -0.495 e. The van der Waals surface area contributed by atoms with E-state index in [0.29, 0.717) is 30.9 Å². The number of carbonyl (C=O) groups excluding carboxylic acids is 1. The topological polar surface area (TPSA) is 79.0 Å². The summed E-state index contributed by atoms with van der Waals surface area (Å²) in [5.41, 5.74) is 1.72. The van der Waals surface area contributed by atoms with Crippen LogP contribution in [0.2, 0.25) is 5.02 Å². The molecular weight excluding hydrogens is 481 g/mol. The van der Waals surface area contributed by atoms with E-state index in [1.54, 1.807) is 29.2 Å². The molecule has 0 saturated carbocycles. The maximum absolute atomic E-state index is 13.2. The van der Waals surface area contributed by atoms with Gasteiger partial charge in [0.25, 0.3) is 0 Å². The minimum absolute atomic E-state index is 0.0397. The zero-order chi connectivity index (χ0) is 25.0. The van der Waals surface area contributed by atoms with E-state index in [2.05, 4.69) is 16.5 Å². The second-order valence-electron chi connectivity index (χ2n) is 8.53. The number of nitrogens with one attached hydrogen (secondary N) is 1. The van der Waals surface area contributed by atoms with Crippen LogP contribution in [-0.4, -0.2) is 62.7 Å². The van der Waals surface area contributed by atoms with Crippen LogP contribution in [0.3, 0.4) is 0 Å². The third kappa shape index (κ3) is 6.71. The lowest BCUT2D eigenvalue weighted by atomic mass is 10.1. The van der Waals surface area contributed by atoms with E-state index in [1.807, 2.05) is 6.92 Å². The summed E-state index contributed by atoms with van der Waals surface area (Å²) in [4.78, 5) is 17.1. The Hall–Kier alpha value is -2.62. The van der Waals surface area contributed by atoms with Crippen LogP contribution in [-0.2, 0) is 21.4 Å². The summed E-state index contributed by atoms with van der Waals surface area (Å²) in [5, 5.41) is 0.247. The fraction of sp³-hybridized carbons (Fsp3) is 0.375. The minimum atomic E-state index is -3.55. The molecule has 0 aliphatic carbocycles. The Morgan fingerprint density at radius 1 is 1.21 bits per heavy atom. The van der Waals surface area contributed by atoms with Crippen molar-refractivity contribution in [2.24, 2.45) is 0 Å². The lowest BCUT2D eigenvalue weighted by Gasteiger charge is -2.44. The molecule has 0 radical (unpaired) electrons. The van der Waals surface area contributed by atoms with Gasteiger partial charge in [-0.2, -0.15) is 0 Å². The molecule has 2 atom stereocenters. The lowest BCUT2D eigenvalue weighted by molar-refractivity contribution is -0.131. The molecule has 1 heterocycles. The highest BCUT2D eigenvalue weighted by molar-refractivity contribution is 7.92. The fourth-order valence-electron chi connectivity index (χ4n) is 3.96. The quantitative estimate of drug-likeness (QED) is 0.571. The molecule has 1 fully saturated rings. The molecule has 2 aromatic rings. The summed E-state index contributed by atoms with van der Waals surface area (Å²) in [7, 11) is -2.09. The van der Waals surface area contributed by atoms with E-state index in [9.17, 15) is 17.6 Å². The van der Waals surface area contributed by atoms with Gasteiger partial charge in [-0.05, 0) is 49.8 Å². The zero-order valence-electron chi connectivity index (χ0n) is 19.6. The fourth-order valence-corrected chi connectivity index (χ4v) is 4.78. The summed E-state index contributed by atoms with van der Waals surface area (Å²) in [6.07, 6.45) is 4.02. The zero-order valence-corrected chi connectivity index (χ0v) is 21.2. The number of methoxy groups -OCH3 is 1. The van der Waals surface area contributed by atoms with Gasteiger partial charge in [-0.1, -0.05) is 23.7 Å². The van der Waals surface area contributed by atoms with Crippen molar-refractivity contribution >= 4 is 39.3 Å². The Balaban J connectivity index is 1.74. The third-order valence-electron chi connectivity index (χ3n) is 5.72. The van der Waals surface area contributed by atoms with Gasteiger partial charge in [0.15, 0.2) is 0 Å². The SMILES string of the molecule is COc1cc(C=CC(=O)N2C[C@H](C)N(Cc3ccc(F)cc3)C[C@H]2C)c(NS(C)(=O)=O)cc1Cl. The van der Waals surface area contributed by atoms with E-state index < -0.39 is 10.0 Å². The van der Waals surface area contributed by atoms with Gasteiger partial charge in [0.2, 0.25) is 15.9 Å². The molecule has 1 N–H and O–H groups in total. The summed E-state index contributed by atoms with van der Waals surface area (Å²) in [5.74, 6) is -0.0789. The number of sulfonamides is 1. The molecule has 2 aromatic carbocycles. The Morgan fingerprint density at radius 3 is 2.50 bits per heavy atom. The molecule has 1 aliphatic rings. The summed E-state index contributed by atoms with van der Waals surface area (Å²) in [6, 6.07) is 9.54. The number of piperazine rings is 1. The normalized spacial score (nSPS) is 19.4. The van der Waals surface area contributed by atoms with E-state index in [4.69, 9.17) is 16.3 Å². The van der Waals surface area contributed by atoms with E-state index in [-0.39, 0.29) is 34.5 Å². The molecule has 0 bridgehead atoms. The summed E-state index contributed by atoms with van der Waals surface area (Å²) in [6.45, 7) is 5.92. The number of ether oxygens (including phenoxy) is 1. The second-order valence-corrected chi connectivity index (χ2v) is 10.7. The van der Waals surface area contributed by atoms with Crippen molar-refractivity contribution in [1.82, 2.24) is 9.80 Å². The molecule has 0 unspecified atom stereocenters. The molecule has 34 heavy (non-hydrogen) atoms. The molecule has 1 aliphatic heterocycles. The van der Waals surface area contributed by atoms with Crippen LogP contribution in [0.5, 0.6) is 5.75 Å². The van der Waals surface area contributed by atoms with Gasteiger partial charge in [0.05, 0.1) is 24.1 Å². The molecule has 3 rings (SSSR count). The van der Waals surface area contributed by atoms with Crippen LogP contribution in [0, 0.1) is 5.82 Å². The molecule has 7 nitrogen and oxygen atoms in total. The Morgan fingerprint density at radius 2 is 1.88 bits per heavy atom. The maximum Gasteiger partial charge on any atom is 0.246 e. The molecule has 0 spiro atoms. The number of amides is 1. The van der Waals surface area contributed by atoms with Crippen LogP contribution in [0.15, 0.2) is 42.5 Å². The highest BCUT2D eigenvalue weighted by atomic mass is 35.5. The number of rotatable bonds is 7. The Bertz CT molecular complexity index is 1170. The predicted octanol–water partition coefficient (Wildman–Crippen LogP) is 3.99. The standard InChI is InChI=1S/C24H29ClFN3O4S/c1-16-14-29(17(2)13-28(16)15-18-5-8-20(26)9-6-18)24(30)10-7-19-11-23(33-3)21(25)12-22(19)27-34(4,31)32/h5-12,16-17,27H,13-15H2,1-4H3/t16-,17+/m0/s1. The molecule has 184 valence electrons. The van der Waals surface area contributed by atoms with Crippen molar-refractivity contribution in [3.8, 4) is 5.75 Å². The molecule has 0 aromatic heterocycles. The van der Waals surface area contributed by atoms with Gasteiger partial charge < -0.3 is 9.64 Å². The summed E-state index contributed by atoms with van der Waals surface area (Å²) < 4.78 is 44.3. The van der Waals surface area contributed by atoms with Gasteiger partial charge in [-0.25, -0.2) is 12.8 Å². The van der Waals surface area contributed by atoms with Gasteiger partial charge in [-0.3, -0.25) is 14.4 Å². The van der Waals surface area contributed by atoms with E-state index in [1.165, 1.54) is 31.4 Å². The number of hydrogen-bond donors (Lipinski definition) is 1. The van der Waals surface area contributed by atoms with Crippen LogP contribution < -0.4 is 9.46 Å². The first-order valence-electron chi connectivity index (χ1n) is 10.8. The lowest BCUT2D eigenvalue weighted by Crippen LogP contribution is -2.57. The van der Waals surface area contributed by atoms with Crippen molar-refractivity contribution in [1.29, 1.82) is 0 Å². The molecular formula is C24H29ClFN3O4S. The van der Waals surface area contributed by atoms with E-state index >= 15 is 0 Å². The van der Waals surface area contributed by atoms with Crippen molar-refractivity contribution < 1.29 is 22.3 Å². The Labute approximate surface area is 205 Å². The number of carbonyl (C=O) groups is 1. The number of hydrogen-bond acceptors (Lipinski definition) is 5. The summed E-state index contributed by atoms with van der Waals surface area (Å²) >= 11 is 6.15. The van der Waals surface area contributed by atoms with Gasteiger partial charge in [-0.15, -0.1) is 0 Å². The first-order chi connectivity index (χ1) is 16.0. The van der Waals surface area contributed by atoms with Gasteiger partial charge in [0.1, 0.15) is 11.6 Å². The molecule has 1 amide bonds. The van der Waals surface area contributed by atoms with Crippen molar-refractivity contribution in [3.63, 3.8) is 0 Å². The van der Waals surface area contributed by atoms with Crippen LogP contribution >= 0.6 is 11.6 Å². The highest BCUT2D eigenvalue weighted by Crippen LogP contribution is 2.32. The van der Waals surface area contributed by atoms with Crippen molar-refractivity contribution in [3.05, 3.63) is 64.4 Å². The largest absolute Gasteiger partial charge is 0.495 e. The average molecular weight is 510 g/mol. The van der Waals surface area contributed by atoms with Gasteiger partial charge in [0, 0.05) is 43.4 Å². The first-order valence-corrected chi connectivity index (χ1v) is 13.1. The molecule has 10 heteroatoms. The highest BCUT2D eigenvalue weighted by Gasteiger charge is 2.31. The number of benzene rings is 2. The smallest absolute Gasteiger partial charge is 0.246 e. The predicted molar refractivity (Wildman–Crippen MR) is 133 cm³/mol. The van der Waals surface area contributed by atoms with Gasteiger partial charge >= 0.3 is 0 Å². The number of anilines is 1. The van der Waals surface area contributed by atoms with E-state index in [0.717, 1.165) is 11.8 Å².